The summed E-state index contributed by atoms with van der Waals surface area (Å²) in [6.07, 6.45) is 0.717. The monoisotopic (exact) mass is 424 g/mol. The van der Waals surface area contributed by atoms with Crippen molar-refractivity contribution < 1.29 is 26.7 Å². The molecule has 1 N–H and O–H groups in total. The molecular weight excluding hydrogens is 402 g/mol. The van der Waals surface area contributed by atoms with Gasteiger partial charge in [0.2, 0.25) is 15.9 Å². The van der Waals surface area contributed by atoms with E-state index in [0.717, 1.165) is 23.4 Å². The third kappa shape index (κ3) is 4.91. The first-order valence-electron chi connectivity index (χ1n) is 9.17. The van der Waals surface area contributed by atoms with Gasteiger partial charge in [0.15, 0.2) is 11.6 Å². The quantitative estimate of drug-likeness (QED) is 0.774. The number of rotatable bonds is 6. The first kappa shape index (κ1) is 21.2. The maximum Gasteiger partial charge on any atom is 0.243 e. The predicted molar refractivity (Wildman–Crippen MR) is 103 cm³/mol. The molecule has 0 atom stereocenters. The van der Waals surface area contributed by atoms with Gasteiger partial charge in [-0.3, -0.25) is 4.79 Å². The molecule has 1 heterocycles. The number of sulfonamides is 1. The van der Waals surface area contributed by atoms with Crippen molar-refractivity contribution in [3.8, 4) is 5.75 Å². The molecule has 29 heavy (non-hydrogen) atoms. The van der Waals surface area contributed by atoms with Gasteiger partial charge >= 0.3 is 0 Å². The van der Waals surface area contributed by atoms with Crippen molar-refractivity contribution in [2.45, 2.75) is 24.3 Å². The molecule has 156 valence electrons. The van der Waals surface area contributed by atoms with E-state index in [9.17, 15) is 22.0 Å². The van der Waals surface area contributed by atoms with Gasteiger partial charge in [0.05, 0.1) is 12.0 Å². The van der Waals surface area contributed by atoms with E-state index in [-0.39, 0.29) is 29.8 Å². The second-order valence-electron chi connectivity index (χ2n) is 6.82. The van der Waals surface area contributed by atoms with Crippen LogP contribution in [-0.2, 0) is 21.4 Å². The Hall–Kier alpha value is -2.52. The Morgan fingerprint density at radius 1 is 1.10 bits per heavy atom. The molecule has 0 spiro atoms. The summed E-state index contributed by atoms with van der Waals surface area (Å²) in [6.45, 7) is 0.653. The highest BCUT2D eigenvalue weighted by Crippen LogP contribution is 2.25. The normalized spacial score (nSPS) is 15.8. The van der Waals surface area contributed by atoms with Crippen molar-refractivity contribution in [3.05, 3.63) is 59.7 Å². The Morgan fingerprint density at radius 2 is 1.76 bits per heavy atom. The average molecular weight is 424 g/mol. The van der Waals surface area contributed by atoms with Crippen molar-refractivity contribution >= 4 is 15.9 Å². The molecule has 2 aromatic rings. The number of benzene rings is 2. The average Bonchev–Trinajstić information content (AvgIpc) is 2.74. The van der Waals surface area contributed by atoms with Gasteiger partial charge in [-0.15, -0.1) is 0 Å². The third-order valence-corrected chi connectivity index (χ3v) is 6.87. The zero-order valence-electron chi connectivity index (χ0n) is 15.9. The Bertz CT molecular complexity index is 972. The first-order valence-corrected chi connectivity index (χ1v) is 10.6. The number of amides is 1. The molecule has 2 aromatic carbocycles. The lowest BCUT2D eigenvalue weighted by Crippen LogP contribution is -2.42. The van der Waals surface area contributed by atoms with Gasteiger partial charge < -0.3 is 10.1 Å². The first-order chi connectivity index (χ1) is 13.8. The van der Waals surface area contributed by atoms with E-state index in [1.807, 2.05) is 24.3 Å². The Kier molecular flexibility index (Phi) is 6.49. The van der Waals surface area contributed by atoms with Crippen LogP contribution in [-0.4, -0.2) is 38.8 Å². The summed E-state index contributed by atoms with van der Waals surface area (Å²) in [6, 6.07) is 9.85. The summed E-state index contributed by atoms with van der Waals surface area (Å²) in [5.41, 5.74) is 0.928. The summed E-state index contributed by atoms with van der Waals surface area (Å²) >= 11 is 0. The van der Waals surface area contributed by atoms with E-state index in [2.05, 4.69) is 5.32 Å². The molecule has 9 heteroatoms. The van der Waals surface area contributed by atoms with Gasteiger partial charge in [-0.2, -0.15) is 4.31 Å². The Morgan fingerprint density at radius 3 is 2.34 bits per heavy atom. The molecule has 0 radical (unpaired) electrons. The minimum atomic E-state index is -3.93. The fourth-order valence-electron chi connectivity index (χ4n) is 3.22. The molecule has 0 unspecified atom stereocenters. The number of methoxy groups -OCH3 is 1. The second-order valence-corrected chi connectivity index (χ2v) is 8.76. The van der Waals surface area contributed by atoms with Crippen LogP contribution in [0, 0.1) is 17.6 Å². The van der Waals surface area contributed by atoms with Crippen LogP contribution in [0.25, 0.3) is 0 Å². The van der Waals surface area contributed by atoms with Crippen molar-refractivity contribution in [3.63, 3.8) is 0 Å². The summed E-state index contributed by atoms with van der Waals surface area (Å²) in [7, 11) is -2.35. The van der Waals surface area contributed by atoms with Gasteiger partial charge in [-0.1, -0.05) is 12.1 Å². The highest BCUT2D eigenvalue weighted by molar-refractivity contribution is 7.89. The number of halogens is 2. The molecule has 0 bridgehead atoms. The highest BCUT2D eigenvalue weighted by atomic mass is 32.2. The second kappa shape index (κ2) is 8.87. The van der Waals surface area contributed by atoms with Crippen LogP contribution >= 0.6 is 0 Å². The molecule has 6 nitrogen and oxygen atoms in total. The smallest absolute Gasteiger partial charge is 0.243 e. The van der Waals surface area contributed by atoms with E-state index in [0.29, 0.717) is 25.5 Å². The number of piperidine rings is 1. The van der Waals surface area contributed by atoms with Crippen LogP contribution < -0.4 is 10.1 Å². The number of hydrogen-bond acceptors (Lipinski definition) is 4. The van der Waals surface area contributed by atoms with Gasteiger partial charge in [-0.05, 0) is 48.7 Å². The lowest BCUT2D eigenvalue weighted by molar-refractivity contribution is -0.126. The summed E-state index contributed by atoms with van der Waals surface area (Å²) in [4.78, 5) is 12.1. The molecule has 0 aliphatic carbocycles. The molecule has 0 aromatic heterocycles. The number of hydrogen-bond donors (Lipinski definition) is 1. The van der Waals surface area contributed by atoms with Crippen LogP contribution in [0.3, 0.4) is 0 Å². The fraction of sp³-hybridized carbons (Fsp3) is 0.350. The van der Waals surface area contributed by atoms with E-state index in [1.165, 1.54) is 4.31 Å². The SMILES string of the molecule is COc1ccc(CNC(=O)C2CCN(S(=O)(=O)c3ccc(F)c(F)c3)CC2)cc1. The van der Waals surface area contributed by atoms with Crippen LogP contribution in [0.4, 0.5) is 8.78 Å². The molecule has 1 saturated heterocycles. The molecule has 3 rings (SSSR count). The Balaban J connectivity index is 1.54. The summed E-state index contributed by atoms with van der Waals surface area (Å²) < 4.78 is 58.0. The molecule has 1 aliphatic rings. The maximum atomic E-state index is 13.4. The van der Waals surface area contributed by atoms with Crippen LogP contribution in [0.5, 0.6) is 5.75 Å². The lowest BCUT2D eigenvalue weighted by atomic mass is 9.97. The van der Waals surface area contributed by atoms with Crippen LogP contribution in [0.2, 0.25) is 0 Å². The number of carbonyl (C=O) groups excluding carboxylic acids is 1. The van der Waals surface area contributed by atoms with Gasteiger partial charge in [0, 0.05) is 25.6 Å². The van der Waals surface area contributed by atoms with E-state index in [1.54, 1.807) is 7.11 Å². The zero-order valence-corrected chi connectivity index (χ0v) is 16.7. The van der Waals surface area contributed by atoms with E-state index >= 15 is 0 Å². The van der Waals surface area contributed by atoms with E-state index in [4.69, 9.17) is 4.74 Å². The number of nitrogens with one attached hydrogen (secondary N) is 1. The molecule has 1 amide bonds. The molecule has 1 aliphatic heterocycles. The fourth-order valence-corrected chi connectivity index (χ4v) is 4.70. The number of ether oxygens (including phenoxy) is 1. The number of nitrogens with zero attached hydrogens (tertiary/aromatic N) is 1. The zero-order chi connectivity index (χ0) is 21.0. The Labute approximate surface area is 168 Å². The lowest BCUT2D eigenvalue weighted by Gasteiger charge is -2.30. The van der Waals surface area contributed by atoms with Crippen molar-refractivity contribution in [1.29, 1.82) is 0 Å². The maximum absolute atomic E-state index is 13.4. The standard InChI is InChI=1S/C20H22F2N2O4S/c1-28-16-4-2-14(3-5-16)13-23-20(25)15-8-10-24(11-9-15)29(26,27)17-6-7-18(21)19(22)12-17/h2-7,12,15H,8-11,13H2,1H3,(H,23,25). The van der Waals surface area contributed by atoms with Crippen molar-refractivity contribution in [2.75, 3.05) is 20.2 Å². The third-order valence-electron chi connectivity index (χ3n) is 4.98. The van der Waals surface area contributed by atoms with Crippen LogP contribution in [0.1, 0.15) is 18.4 Å². The molecule has 1 fully saturated rings. The minimum Gasteiger partial charge on any atom is -0.497 e. The van der Waals surface area contributed by atoms with Gasteiger partial charge in [0.1, 0.15) is 5.75 Å². The minimum absolute atomic E-state index is 0.134. The van der Waals surface area contributed by atoms with Crippen molar-refractivity contribution in [2.24, 2.45) is 5.92 Å². The molecular formula is C20H22F2N2O4S. The number of carbonyl (C=O) groups is 1. The topological polar surface area (TPSA) is 75.7 Å². The summed E-state index contributed by atoms with van der Waals surface area (Å²) in [5.74, 6) is -2.01. The van der Waals surface area contributed by atoms with Gasteiger partial charge in [0.25, 0.3) is 0 Å². The highest BCUT2D eigenvalue weighted by Gasteiger charge is 2.32. The largest absolute Gasteiger partial charge is 0.497 e. The van der Waals surface area contributed by atoms with Crippen molar-refractivity contribution in [1.82, 2.24) is 9.62 Å². The predicted octanol–water partition coefficient (Wildman–Crippen LogP) is 2.69. The van der Waals surface area contributed by atoms with Gasteiger partial charge in [-0.25, -0.2) is 17.2 Å². The van der Waals surface area contributed by atoms with E-state index < -0.39 is 21.7 Å². The summed E-state index contributed by atoms with van der Waals surface area (Å²) in [5, 5.41) is 2.87. The molecule has 0 saturated carbocycles. The van der Waals surface area contributed by atoms with Crippen LogP contribution in [0.15, 0.2) is 47.4 Å².